The molecule has 1 unspecified atom stereocenters. The number of hydrazone groups is 1. The number of amides is 1. The van der Waals surface area contributed by atoms with Crippen LogP contribution in [0.15, 0.2) is 27.7 Å². The van der Waals surface area contributed by atoms with Gasteiger partial charge >= 0.3 is 0 Å². The Balaban J connectivity index is 1.65. The van der Waals surface area contributed by atoms with E-state index in [2.05, 4.69) is 32.7 Å². The number of aromatic nitrogens is 1. The molecule has 7 heteroatoms. The third-order valence-electron chi connectivity index (χ3n) is 4.82. The van der Waals surface area contributed by atoms with Gasteiger partial charge in [0.25, 0.3) is 6.01 Å². The standard InChI is InChI=1S/C18H23N5O2/c1-2-3-12-11-16(24)21-22-17(12)13-4-5-15-14(10-13)20-18(25-15)23-8-6-19-7-9-23/h4-5,10,12,19H,2-3,6-9,11H2,1H3,(H,21,24). The van der Waals surface area contributed by atoms with Crippen molar-refractivity contribution in [3.63, 3.8) is 0 Å². The summed E-state index contributed by atoms with van der Waals surface area (Å²) in [5.74, 6) is 0.154. The highest BCUT2D eigenvalue weighted by atomic mass is 16.4. The van der Waals surface area contributed by atoms with Gasteiger partial charge in [0.1, 0.15) is 5.52 Å². The molecule has 2 aliphatic heterocycles. The van der Waals surface area contributed by atoms with Gasteiger partial charge in [-0.3, -0.25) is 4.79 Å². The molecule has 7 nitrogen and oxygen atoms in total. The zero-order valence-corrected chi connectivity index (χ0v) is 14.4. The maximum atomic E-state index is 11.7. The van der Waals surface area contributed by atoms with Crippen molar-refractivity contribution in [2.75, 3.05) is 31.1 Å². The predicted molar refractivity (Wildman–Crippen MR) is 96.8 cm³/mol. The van der Waals surface area contributed by atoms with Crippen LogP contribution in [0, 0.1) is 5.92 Å². The number of hydrogen-bond donors (Lipinski definition) is 2. The Kier molecular flexibility index (Phi) is 4.40. The Morgan fingerprint density at radius 3 is 2.96 bits per heavy atom. The predicted octanol–water partition coefficient (Wildman–Crippen LogP) is 1.88. The van der Waals surface area contributed by atoms with E-state index in [1.165, 1.54) is 0 Å². The zero-order valence-electron chi connectivity index (χ0n) is 14.4. The lowest BCUT2D eigenvalue weighted by atomic mass is 9.88. The minimum Gasteiger partial charge on any atom is -0.423 e. The average molecular weight is 341 g/mol. The smallest absolute Gasteiger partial charge is 0.298 e. The Labute approximate surface area is 146 Å². The molecule has 0 saturated carbocycles. The van der Waals surface area contributed by atoms with E-state index in [1.807, 2.05) is 18.2 Å². The second kappa shape index (κ2) is 6.84. The summed E-state index contributed by atoms with van der Waals surface area (Å²) in [6, 6.07) is 6.65. The highest BCUT2D eigenvalue weighted by Gasteiger charge is 2.25. The van der Waals surface area contributed by atoms with Crippen LogP contribution < -0.4 is 15.6 Å². The highest BCUT2D eigenvalue weighted by molar-refractivity contribution is 6.07. The number of oxazole rings is 1. The van der Waals surface area contributed by atoms with E-state index < -0.39 is 0 Å². The maximum absolute atomic E-state index is 11.7. The number of nitrogens with one attached hydrogen (secondary N) is 2. The van der Waals surface area contributed by atoms with E-state index in [1.54, 1.807) is 0 Å². The fourth-order valence-electron chi connectivity index (χ4n) is 3.53. The summed E-state index contributed by atoms with van der Waals surface area (Å²) < 4.78 is 5.92. The molecular formula is C18H23N5O2. The SMILES string of the molecule is CCCC1CC(=O)NN=C1c1ccc2oc(N3CCNCC3)nc2c1. The molecule has 0 aliphatic carbocycles. The van der Waals surface area contributed by atoms with Crippen molar-refractivity contribution in [3.8, 4) is 0 Å². The van der Waals surface area contributed by atoms with Crippen molar-refractivity contribution in [1.29, 1.82) is 0 Å². The van der Waals surface area contributed by atoms with Crippen LogP contribution in [0.4, 0.5) is 6.01 Å². The molecule has 0 radical (unpaired) electrons. The molecule has 0 spiro atoms. The van der Waals surface area contributed by atoms with Crippen LogP contribution in [0.5, 0.6) is 0 Å². The van der Waals surface area contributed by atoms with Gasteiger partial charge in [-0.05, 0) is 24.6 Å². The number of nitrogens with zero attached hydrogens (tertiary/aromatic N) is 3. The first kappa shape index (κ1) is 16.1. The fraction of sp³-hybridized carbons (Fsp3) is 0.500. The lowest BCUT2D eigenvalue weighted by Gasteiger charge is -2.25. The average Bonchev–Trinajstić information content (AvgIpc) is 3.06. The van der Waals surface area contributed by atoms with Crippen LogP contribution in [-0.4, -0.2) is 42.8 Å². The summed E-state index contributed by atoms with van der Waals surface area (Å²) in [7, 11) is 0. The fourth-order valence-corrected chi connectivity index (χ4v) is 3.53. The molecule has 1 saturated heterocycles. The number of carbonyl (C=O) groups excluding carboxylic acids is 1. The molecule has 1 atom stereocenters. The molecule has 2 N–H and O–H groups in total. The second-order valence-corrected chi connectivity index (χ2v) is 6.64. The van der Waals surface area contributed by atoms with Gasteiger partial charge in [-0.15, -0.1) is 0 Å². The van der Waals surface area contributed by atoms with Gasteiger partial charge in [-0.25, -0.2) is 5.43 Å². The number of hydrogen-bond acceptors (Lipinski definition) is 6. The molecule has 25 heavy (non-hydrogen) atoms. The molecule has 1 aromatic heterocycles. The number of anilines is 1. The van der Waals surface area contributed by atoms with Gasteiger partial charge in [0.15, 0.2) is 5.58 Å². The molecule has 3 heterocycles. The largest absolute Gasteiger partial charge is 0.423 e. The van der Waals surface area contributed by atoms with E-state index in [-0.39, 0.29) is 11.8 Å². The van der Waals surface area contributed by atoms with Gasteiger partial charge in [0, 0.05) is 44.1 Å². The minimum absolute atomic E-state index is 0.00860. The number of benzene rings is 1. The van der Waals surface area contributed by atoms with Crippen molar-refractivity contribution in [2.45, 2.75) is 26.2 Å². The van der Waals surface area contributed by atoms with Crippen LogP contribution in [0.2, 0.25) is 0 Å². The molecule has 4 rings (SSSR count). The summed E-state index contributed by atoms with van der Waals surface area (Å²) in [5, 5.41) is 7.65. The van der Waals surface area contributed by atoms with Gasteiger partial charge in [0.2, 0.25) is 5.91 Å². The molecule has 1 amide bonds. The van der Waals surface area contributed by atoms with Crippen LogP contribution >= 0.6 is 0 Å². The Morgan fingerprint density at radius 1 is 1.32 bits per heavy atom. The number of carbonyl (C=O) groups is 1. The van der Waals surface area contributed by atoms with Crippen molar-refractivity contribution < 1.29 is 9.21 Å². The Bertz CT molecular complexity index is 807. The Morgan fingerprint density at radius 2 is 2.16 bits per heavy atom. The van der Waals surface area contributed by atoms with Crippen LogP contribution in [0.1, 0.15) is 31.7 Å². The highest BCUT2D eigenvalue weighted by Crippen LogP contribution is 2.27. The molecule has 2 aliphatic rings. The summed E-state index contributed by atoms with van der Waals surface area (Å²) in [6.45, 7) is 5.82. The van der Waals surface area contributed by atoms with Crippen molar-refractivity contribution in [1.82, 2.24) is 15.7 Å². The summed E-state index contributed by atoms with van der Waals surface area (Å²) >= 11 is 0. The Hall–Kier alpha value is -2.41. The zero-order chi connectivity index (χ0) is 17.2. The third-order valence-corrected chi connectivity index (χ3v) is 4.82. The van der Waals surface area contributed by atoms with Gasteiger partial charge < -0.3 is 14.6 Å². The van der Waals surface area contributed by atoms with Crippen molar-refractivity contribution in [3.05, 3.63) is 23.8 Å². The topological polar surface area (TPSA) is 82.8 Å². The molecule has 132 valence electrons. The quantitative estimate of drug-likeness (QED) is 0.887. The van der Waals surface area contributed by atoms with Crippen molar-refractivity contribution in [2.24, 2.45) is 11.0 Å². The van der Waals surface area contributed by atoms with E-state index in [4.69, 9.17) is 4.42 Å². The van der Waals surface area contributed by atoms with Gasteiger partial charge in [0.05, 0.1) is 5.71 Å². The first-order chi connectivity index (χ1) is 12.2. The summed E-state index contributed by atoms with van der Waals surface area (Å²) in [5.41, 5.74) is 6.18. The summed E-state index contributed by atoms with van der Waals surface area (Å²) in [4.78, 5) is 18.5. The molecule has 1 aromatic carbocycles. The lowest BCUT2D eigenvalue weighted by molar-refractivity contribution is -0.122. The van der Waals surface area contributed by atoms with Gasteiger partial charge in [-0.2, -0.15) is 10.1 Å². The first-order valence-electron chi connectivity index (χ1n) is 8.97. The number of piperazine rings is 1. The van der Waals surface area contributed by atoms with Crippen molar-refractivity contribution >= 4 is 28.7 Å². The van der Waals surface area contributed by atoms with E-state index in [0.29, 0.717) is 12.4 Å². The summed E-state index contributed by atoms with van der Waals surface area (Å²) in [6.07, 6.45) is 2.47. The normalized spacial score (nSPS) is 21.3. The number of fused-ring (bicyclic) bond motifs is 1. The third kappa shape index (κ3) is 3.24. The number of rotatable bonds is 4. The maximum Gasteiger partial charge on any atom is 0.298 e. The monoisotopic (exact) mass is 341 g/mol. The van der Waals surface area contributed by atoms with Gasteiger partial charge in [-0.1, -0.05) is 13.3 Å². The van der Waals surface area contributed by atoms with Crippen LogP contribution in [-0.2, 0) is 4.79 Å². The molecule has 0 bridgehead atoms. The van der Waals surface area contributed by atoms with E-state index in [0.717, 1.165) is 61.4 Å². The molecule has 2 aromatic rings. The lowest BCUT2D eigenvalue weighted by Crippen LogP contribution is -2.43. The molecule has 1 fully saturated rings. The molecular weight excluding hydrogens is 318 g/mol. The van der Waals surface area contributed by atoms with E-state index in [9.17, 15) is 4.79 Å². The van der Waals surface area contributed by atoms with E-state index >= 15 is 0 Å². The van der Waals surface area contributed by atoms with Crippen LogP contribution in [0.3, 0.4) is 0 Å². The van der Waals surface area contributed by atoms with Crippen LogP contribution in [0.25, 0.3) is 11.1 Å². The first-order valence-corrected chi connectivity index (χ1v) is 8.97. The second-order valence-electron chi connectivity index (χ2n) is 6.64. The minimum atomic E-state index is -0.00860.